The Hall–Kier alpha value is -2.24. The molecular formula is C10H11NO5. The van der Waals surface area contributed by atoms with E-state index in [0.717, 1.165) is 0 Å². The number of carboxylic acids is 1. The summed E-state index contributed by atoms with van der Waals surface area (Å²) in [5.74, 6) is -1.77. The van der Waals surface area contributed by atoms with Crippen LogP contribution in [0.2, 0.25) is 0 Å². The standard InChI is InChI=1S/C10H11NO5/c12-5-11-7(10(15)16)3-6-1-2-8(13)9(14)4-6/h1-2,4-5,7,13-14H,3H2,(H,11,12)(H,15,16). The molecule has 0 radical (unpaired) electrons. The van der Waals surface area contributed by atoms with Crippen LogP contribution < -0.4 is 5.32 Å². The number of nitrogens with one attached hydrogen (secondary N) is 1. The molecule has 1 aromatic rings. The van der Waals surface area contributed by atoms with Crippen LogP contribution in [0.5, 0.6) is 11.5 Å². The van der Waals surface area contributed by atoms with Gasteiger partial charge in [-0.2, -0.15) is 0 Å². The molecule has 0 saturated carbocycles. The fourth-order valence-corrected chi connectivity index (χ4v) is 1.23. The predicted octanol–water partition coefficient (Wildman–Crippen LogP) is -0.161. The molecule has 86 valence electrons. The number of amides is 1. The summed E-state index contributed by atoms with van der Waals surface area (Å²) in [6.07, 6.45) is 0.334. The molecule has 1 atom stereocenters. The first-order valence-electron chi connectivity index (χ1n) is 4.48. The van der Waals surface area contributed by atoms with Crippen molar-refractivity contribution < 1.29 is 24.9 Å². The summed E-state index contributed by atoms with van der Waals surface area (Å²) in [6, 6.07) is 2.92. The second kappa shape index (κ2) is 5.01. The van der Waals surface area contributed by atoms with Gasteiger partial charge >= 0.3 is 5.97 Å². The highest BCUT2D eigenvalue weighted by molar-refractivity contribution is 5.76. The average molecular weight is 225 g/mol. The second-order valence-electron chi connectivity index (χ2n) is 3.20. The predicted molar refractivity (Wildman–Crippen MR) is 54.1 cm³/mol. The van der Waals surface area contributed by atoms with Crippen molar-refractivity contribution in [1.82, 2.24) is 5.32 Å². The van der Waals surface area contributed by atoms with Gasteiger partial charge in [-0.25, -0.2) is 4.79 Å². The summed E-state index contributed by atoms with van der Waals surface area (Å²) >= 11 is 0. The molecule has 6 heteroatoms. The van der Waals surface area contributed by atoms with Gasteiger partial charge in [-0.15, -0.1) is 0 Å². The quantitative estimate of drug-likeness (QED) is 0.411. The number of carboxylic acid groups (broad SMARTS) is 1. The zero-order valence-electron chi connectivity index (χ0n) is 8.25. The highest BCUT2D eigenvalue weighted by Crippen LogP contribution is 2.25. The van der Waals surface area contributed by atoms with E-state index in [1.807, 2.05) is 0 Å². The van der Waals surface area contributed by atoms with E-state index in [1.54, 1.807) is 0 Å². The number of rotatable bonds is 5. The maximum atomic E-state index is 10.7. The first kappa shape index (κ1) is 11.8. The second-order valence-corrected chi connectivity index (χ2v) is 3.20. The number of phenolic OH excluding ortho intramolecular Hbond substituents is 2. The Morgan fingerprint density at radius 1 is 1.38 bits per heavy atom. The van der Waals surface area contributed by atoms with Crippen LogP contribution in [0.25, 0.3) is 0 Å². The molecule has 1 unspecified atom stereocenters. The topological polar surface area (TPSA) is 107 Å². The molecule has 0 heterocycles. The average Bonchev–Trinajstić information content (AvgIpc) is 2.22. The molecule has 0 aliphatic rings. The molecular weight excluding hydrogens is 214 g/mol. The first-order valence-corrected chi connectivity index (χ1v) is 4.48. The van der Waals surface area contributed by atoms with E-state index in [9.17, 15) is 14.7 Å². The summed E-state index contributed by atoms with van der Waals surface area (Å²) in [6.45, 7) is 0. The van der Waals surface area contributed by atoms with Crippen molar-refractivity contribution in [2.75, 3.05) is 0 Å². The molecule has 0 bridgehead atoms. The molecule has 1 amide bonds. The fourth-order valence-electron chi connectivity index (χ4n) is 1.23. The number of hydrogen-bond acceptors (Lipinski definition) is 4. The maximum Gasteiger partial charge on any atom is 0.326 e. The van der Waals surface area contributed by atoms with Crippen molar-refractivity contribution in [3.05, 3.63) is 23.8 Å². The number of carbonyl (C=O) groups excluding carboxylic acids is 1. The fraction of sp³-hybridized carbons (Fsp3) is 0.200. The Kier molecular flexibility index (Phi) is 3.71. The summed E-state index contributed by atoms with van der Waals surface area (Å²) in [7, 11) is 0. The highest BCUT2D eigenvalue weighted by Gasteiger charge is 2.17. The highest BCUT2D eigenvalue weighted by atomic mass is 16.4. The Morgan fingerprint density at radius 3 is 2.56 bits per heavy atom. The molecule has 1 rings (SSSR count). The van der Waals surface area contributed by atoms with Gasteiger partial charge in [-0.05, 0) is 17.7 Å². The van der Waals surface area contributed by atoms with Gasteiger partial charge in [-0.1, -0.05) is 6.07 Å². The number of hydrogen-bond donors (Lipinski definition) is 4. The van der Waals surface area contributed by atoms with Crippen LogP contribution in [0.15, 0.2) is 18.2 Å². The number of carbonyl (C=O) groups is 2. The monoisotopic (exact) mass is 225 g/mol. The molecule has 0 spiro atoms. The van der Waals surface area contributed by atoms with E-state index in [4.69, 9.17) is 10.2 Å². The van der Waals surface area contributed by atoms with Crippen molar-refractivity contribution in [2.45, 2.75) is 12.5 Å². The summed E-state index contributed by atoms with van der Waals surface area (Å²) in [4.78, 5) is 20.9. The Balaban J connectivity index is 2.81. The van der Waals surface area contributed by atoms with Gasteiger partial charge in [0.15, 0.2) is 11.5 Å². The van der Waals surface area contributed by atoms with Gasteiger partial charge in [-0.3, -0.25) is 4.79 Å². The molecule has 1 aromatic carbocycles. The Morgan fingerprint density at radius 2 is 2.06 bits per heavy atom. The van der Waals surface area contributed by atoms with Crippen LogP contribution in [-0.4, -0.2) is 33.7 Å². The third kappa shape index (κ3) is 2.88. The summed E-state index contributed by atoms with van der Waals surface area (Å²) in [5, 5.41) is 29.1. The Bertz CT molecular complexity index is 404. The van der Waals surface area contributed by atoms with Crippen LogP contribution in [0, 0.1) is 0 Å². The lowest BCUT2D eigenvalue weighted by molar-refractivity contribution is -0.140. The minimum atomic E-state index is -1.17. The zero-order chi connectivity index (χ0) is 12.1. The lowest BCUT2D eigenvalue weighted by Crippen LogP contribution is -2.37. The maximum absolute atomic E-state index is 10.7. The molecule has 16 heavy (non-hydrogen) atoms. The summed E-state index contributed by atoms with van der Waals surface area (Å²) < 4.78 is 0. The van der Waals surface area contributed by atoms with Crippen molar-refractivity contribution in [3.8, 4) is 11.5 Å². The first-order chi connectivity index (χ1) is 7.54. The van der Waals surface area contributed by atoms with Gasteiger partial charge < -0.3 is 20.6 Å². The van der Waals surface area contributed by atoms with Crippen molar-refractivity contribution in [3.63, 3.8) is 0 Å². The zero-order valence-corrected chi connectivity index (χ0v) is 8.25. The largest absolute Gasteiger partial charge is 0.504 e. The minimum Gasteiger partial charge on any atom is -0.504 e. The van der Waals surface area contributed by atoms with Crippen LogP contribution in [-0.2, 0) is 16.0 Å². The Labute approximate surface area is 91.1 Å². The molecule has 0 aromatic heterocycles. The lowest BCUT2D eigenvalue weighted by Gasteiger charge is -2.11. The van der Waals surface area contributed by atoms with Gasteiger partial charge in [0.2, 0.25) is 6.41 Å². The molecule has 4 N–H and O–H groups in total. The molecule has 0 saturated heterocycles. The SMILES string of the molecule is O=CNC(Cc1ccc(O)c(O)c1)C(=O)O. The molecule has 0 aliphatic carbocycles. The number of aromatic hydroxyl groups is 2. The third-order valence-electron chi connectivity index (χ3n) is 2.05. The van der Waals surface area contributed by atoms with E-state index in [-0.39, 0.29) is 17.9 Å². The van der Waals surface area contributed by atoms with Crippen LogP contribution in [0.1, 0.15) is 5.56 Å². The van der Waals surface area contributed by atoms with Gasteiger partial charge in [0.05, 0.1) is 0 Å². The molecule has 0 fully saturated rings. The molecule has 0 aliphatic heterocycles. The number of benzene rings is 1. The van der Waals surface area contributed by atoms with Gasteiger partial charge in [0.1, 0.15) is 6.04 Å². The smallest absolute Gasteiger partial charge is 0.326 e. The summed E-state index contributed by atoms with van der Waals surface area (Å²) in [5.41, 5.74) is 0.497. The normalized spacial score (nSPS) is 11.8. The lowest BCUT2D eigenvalue weighted by atomic mass is 10.1. The van der Waals surface area contributed by atoms with E-state index in [2.05, 4.69) is 5.32 Å². The minimum absolute atomic E-state index is 0.0297. The van der Waals surface area contributed by atoms with E-state index >= 15 is 0 Å². The van der Waals surface area contributed by atoms with E-state index in [1.165, 1.54) is 18.2 Å². The van der Waals surface area contributed by atoms with Crippen molar-refractivity contribution in [2.24, 2.45) is 0 Å². The van der Waals surface area contributed by atoms with Crippen LogP contribution in [0.3, 0.4) is 0 Å². The van der Waals surface area contributed by atoms with Crippen molar-refractivity contribution in [1.29, 1.82) is 0 Å². The van der Waals surface area contributed by atoms with Crippen LogP contribution in [0.4, 0.5) is 0 Å². The van der Waals surface area contributed by atoms with E-state index in [0.29, 0.717) is 12.0 Å². The third-order valence-corrected chi connectivity index (χ3v) is 2.05. The number of aliphatic carboxylic acids is 1. The van der Waals surface area contributed by atoms with Gasteiger partial charge in [0.25, 0.3) is 0 Å². The number of phenols is 2. The van der Waals surface area contributed by atoms with Crippen LogP contribution >= 0.6 is 0 Å². The van der Waals surface area contributed by atoms with E-state index < -0.39 is 12.0 Å². The van der Waals surface area contributed by atoms with Crippen molar-refractivity contribution >= 4 is 12.4 Å². The molecule has 6 nitrogen and oxygen atoms in total. The van der Waals surface area contributed by atoms with Gasteiger partial charge in [0, 0.05) is 6.42 Å².